The third kappa shape index (κ3) is 3.02. The lowest BCUT2D eigenvalue weighted by molar-refractivity contribution is 0.378. The predicted octanol–water partition coefficient (Wildman–Crippen LogP) is 3.90. The molecule has 0 amide bonds. The zero-order chi connectivity index (χ0) is 14.2. The van der Waals surface area contributed by atoms with Crippen LogP contribution in [0.4, 0.5) is 0 Å². The van der Waals surface area contributed by atoms with Crippen molar-refractivity contribution in [2.75, 3.05) is 11.9 Å². The number of nitrogens with zero attached hydrogens (tertiary/aromatic N) is 1. The summed E-state index contributed by atoms with van der Waals surface area (Å²) in [5.41, 5.74) is 0. The number of hydrogen-bond donors (Lipinski definition) is 0. The molecule has 1 aliphatic rings. The van der Waals surface area contributed by atoms with Gasteiger partial charge in [0.25, 0.3) is 0 Å². The van der Waals surface area contributed by atoms with Gasteiger partial charge in [0, 0.05) is 22.4 Å². The fourth-order valence-corrected chi connectivity index (χ4v) is 6.24. The highest BCUT2D eigenvalue weighted by Gasteiger charge is 2.39. The van der Waals surface area contributed by atoms with Crippen LogP contribution >= 0.6 is 43.5 Å². The molecule has 0 bridgehead atoms. The van der Waals surface area contributed by atoms with E-state index < -0.39 is 10.0 Å². The van der Waals surface area contributed by atoms with E-state index in [9.17, 15) is 8.42 Å². The lowest BCUT2D eigenvalue weighted by Crippen LogP contribution is -2.38. The van der Waals surface area contributed by atoms with Crippen molar-refractivity contribution in [2.24, 2.45) is 5.92 Å². The average molecular weight is 432 g/mol. The molecule has 0 radical (unpaired) electrons. The summed E-state index contributed by atoms with van der Waals surface area (Å²) in [6.45, 7) is 2.62. The Morgan fingerprint density at radius 2 is 2.16 bits per heavy atom. The fourth-order valence-electron chi connectivity index (χ4n) is 2.31. The van der Waals surface area contributed by atoms with Crippen molar-refractivity contribution in [1.29, 1.82) is 0 Å². The molecule has 1 saturated heterocycles. The monoisotopic (exact) mass is 429 g/mol. The maximum atomic E-state index is 12.7. The SMILES string of the molecule is CC1CCN(S(=O)(=O)c2ccc(Br)cc2Cl)C1CBr. The number of benzene rings is 1. The Morgan fingerprint density at radius 3 is 2.74 bits per heavy atom. The van der Waals surface area contributed by atoms with Crippen LogP contribution in [0.2, 0.25) is 5.02 Å². The van der Waals surface area contributed by atoms with Crippen LogP contribution in [0.25, 0.3) is 0 Å². The molecule has 7 heteroatoms. The van der Waals surface area contributed by atoms with Crippen LogP contribution in [0.15, 0.2) is 27.6 Å². The molecule has 0 saturated carbocycles. The highest BCUT2D eigenvalue weighted by atomic mass is 79.9. The predicted molar refractivity (Wildman–Crippen MR) is 84.4 cm³/mol. The van der Waals surface area contributed by atoms with Gasteiger partial charge in [0.05, 0.1) is 5.02 Å². The number of alkyl halides is 1. The van der Waals surface area contributed by atoms with Crippen molar-refractivity contribution in [1.82, 2.24) is 4.31 Å². The Balaban J connectivity index is 2.42. The third-order valence-corrected chi connectivity index (χ3v) is 7.03. The first kappa shape index (κ1) is 15.8. The van der Waals surface area contributed by atoms with Gasteiger partial charge in [0.1, 0.15) is 4.90 Å². The molecule has 106 valence electrons. The van der Waals surface area contributed by atoms with Crippen LogP contribution in [0.1, 0.15) is 13.3 Å². The van der Waals surface area contributed by atoms with E-state index in [1.807, 2.05) is 0 Å². The van der Waals surface area contributed by atoms with Crippen LogP contribution < -0.4 is 0 Å². The van der Waals surface area contributed by atoms with E-state index in [1.165, 1.54) is 0 Å². The number of sulfonamides is 1. The second kappa shape index (κ2) is 6.02. The molecule has 1 aliphatic heterocycles. The number of rotatable bonds is 3. The number of hydrogen-bond acceptors (Lipinski definition) is 2. The lowest BCUT2D eigenvalue weighted by Gasteiger charge is -2.25. The minimum absolute atomic E-state index is 0.00952. The van der Waals surface area contributed by atoms with Gasteiger partial charge in [0.2, 0.25) is 10.0 Å². The van der Waals surface area contributed by atoms with Gasteiger partial charge in [-0.25, -0.2) is 8.42 Å². The Labute approximate surface area is 135 Å². The highest BCUT2D eigenvalue weighted by Crippen LogP contribution is 2.34. The van der Waals surface area contributed by atoms with Crippen LogP contribution in [0.3, 0.4) is 0 Å². The maximum Gasteiger partial charge on any atom is 0.244 e. The van der Waals surface area contributed by atoms with E-state index in [2.05, 4.69) is 38.8 Å². The summed E-state index contributed by atoms with van der Waals surface area (Å²) < 4.78 is 27.7. The quantitative estimate of drug-likeness (QED) is 0.681. The number of halogens is 3. The smallest absolute Gasteiger partial charge is 0.207 e. The van der Waals surface area contributed by atoms with E-state index in [0.717, 1.165) is 10.9 Å². The van der Waals surface area contributed by atoms with E-state index >= 15 is 0 Å². The van der Waals surface area contributed by atoms with Crippen LogP contribution in [0, 0.1) is 5.92 Å². The molecule has 1 heterocycles. The standard InChI is InChI=1S/C12H14Br2ClNO2S/c1-8-4-5-16(11(8)7-13)19(17,18)12-3-2-9(14)6-10(12)15/h2-3,6,8,11H,4-5,7H2,1H3. The topological polar surface area (TPSA) is 37.4 Å². The molecule has 0 aromatic heterocycles. The van der Waals surface area contributed by atoms with E-state index in [1.54, 1.807) is 22.5 Å². The Morgan fingerprint density at radius 1 is 1.47 bits per heavy atom. The summed E-state index contributed by atoms with van der Waals surface area (Å²) in [5.74, 6) is 0.350. The molecule has 1 aromatic carbocycles. The van der Waals surface area contributed by atoms with Crippen molar-refractivity contribution < 1.29 is 8.42 Å². The zero-order valence-electron chi connectivity index (χ0n) is 10.3. The summed E-state index contributed by atoms with van der Waals surface area (Å²) in [5, 5.41) is 0.893. The molecular weight excluding hydrogens is 417 g/mol. The van der Waals surface area contributed by atoms with Crippen molar-refractivity contribution in [2.45, 2.75) is 24.3 Å². The molecular formula is C12H14Br2ClNO2S. The first-order valence-corrected chi connectivity index (χ1v) is 9.64. The molecule has 2 unspecified atom stereocenters. The molecule has 1 aromatic rings. The van der Waals surface area contributed by atoms with E-state index in [4.69, 9.17) is 11.6 Å². The average Bonchev–Trinajstić information content (AvgIpc) is 2.70. The highest BCUT2D eigenvalue weighted by molar-refractivity contribution is 9.10. The molecule has 19 heavy (non-hydrogen) atoms. The van der Waals surface area contributed by atoms with Gasteiger partial charge in [-0.05, 0) is 30.5 Å². The van der Waals surface area contributed by atoms with Gasteiger partial charge in [-0.15, -0.1) is 0 Å². The van der Waals surface area contributed by atoms with Crippen LogP contribution in [-0.4, -0.2) is 30.6 Å². The van der Waals surface area contributed by atoms with Crippen LogP contribution in [0.5, 0.6) is 0 Å². The largest absolute Gasteiger partial charge is 0.244 e. The van der Waals surface area contributed by atoms with E-state index in [0.29, 0.717) is 17.8 Å². The normalized spacial score (nSPS) is 24.8. The lowest BCUT2D eigenvalue weighted by atomic mass is 10.1. The van der Waals surface area contributed by atoms with Gasteiger partial charge in [-0.3, -0.25) is 0 Å². The molecule has 0 N–H and O–H groups in total. The second-order valence-corrected chi connectivity index (χ2v) is 8.51. The molecule has 3 nitrogen and oxygen atoms in total. The van der Waals surface area contributed by atoms with Gasteiger partial charge >= 0.3 is 0 Å². The summed E-state index contributed by atoms with van der Waals surface area (Å²) in [7, 11) is -3.53. The minimum atomic E-state index is -3.53. The van der Waals surface area contributed by atoms with Crippen molar-refractivity contribution in [3.8, 4) is 0 Å². The second-order valence-electron chi connectivity index (χ2n) is 4.68. The van der Waals surface area contributed by atoms with Crippen molar-refractivity contribution in [3.05, 3.63) is 27.7 Å². The van der Waals surface area contributed by atoms with Crippen molar-refractivity contribution >= 4 is 53.5 Å². The fraction of sp³-hybridized carbons (Fsp3) is 0.500. The first-order chi connectivity index (χ1) is 8.87. The van der Waals surface area contributed by atoms with Gasteiger partial charge in [-0.1, -0.05) is 50.4 Å². The molecule has 0 aliphatic carbocycles. The molecule has 2 atom stereocenters. The molecule has 1 fully saturated rings. The molecule has 2 rings (SSSR count). The third-order valence-electron chi connectivity index (χ3n) is 3.47. The molecule has 0 spiro atoms. The summed E-state index contributed by atoms with van der Waals surface area (Å²) >= 11 is 12.8. The van der Waals surface area contributed by atoms with Crippen LogP contribution in [-0.2, 0) is 10.0 Å². The van der Waals surface area contributed by atoms with Gasteiger partial charge in [-0.2, -0.15) is 4.31 Å². The summed E-state index contributed by atoms with van der Waals surface area (Å²) in [4.78, 5) is 0.178. The van der Waals surface area contributed by atoms with Gasteiger partial charge < -0.3 is 0 Å². The minimum Gasteiger partial charge on any atom is -0.207 e. The van der Waals surface area contributed by atoms with Crippen molar-refractivity contribution in [3.63, 3.8) is 0 Å². The first-order valence-electron chi connectivity index (χ1n) is 5.90. The van der Waals surface area contributed by atoms with E-state index in [-0.39, 0.29) is 16.0 Å². The Hall–Kier alpha value is 0.380. The maximum absolute atomic E-state index is 12.7. The Bertz CT molecular complexity index is 579. The van der Waals surface area contributed by atoms with Gasteiger partial charge in [0.15, 0.2) is 0 Å². The Kier molecular flexibility index (Phi) is 4.99. The zero-order valence-corrected chi connectivity index (χ0v) is 15.1. The summed E-state index contributed by atoms with van der Waals surface area (Å²) in [6.07, 6.45) is 0.879. The summed E-state index contributed by atoms with van der Waals surface area (Å²) in [6, 6.07) is 4.85.